The highest BCUT2D eigenvalue weighted by molar-refractivity contribution is 5.03. The fourth-order valence-electron chi connectivity index (χ4n) is 3.56. The van der Waals surface area contributed by atoms with Gasteiger partial charge in [0.25, 0.3) is 0 Å². The Bertz CT molecular complexity index is 806. The second kappa shape index (κ2) is 37.2. The van der Waals surface area contributed by atoms with Gasteiger partial charge in [-0.2, -0.15) is 0 Å². The Morgan fingerprint density at radius 2 is 0.864 bits per heavy atom. The molecule has 0 aromatic carbocycles. The highest BCUT2D eigenvalue weighted by Gasteiger charge is 1.98. The molecule has 0 aliphatic heterocycles. The van der Waals surface area contributed by atoms with Crippen LogP contribution in [0.15, 0.2) is 82.0 Å². The molecule has 1 atom stereocenters. The maximum absolute atomic E-state index is 8.63. The van der Waals surface area contributed by atoms with E-state index in [1.807, 2.05) is 12.2 Å². The van der Waals surface area contributed by atoms with Gasteiger partial charge < -0.3 is 20.4 Å². The van der Waals surface area contributed by atoms with Crippen LogP contribution >= 0.6 is 0 Å². The van der Waals surface area contributed by atoms with Crippen LogP contribution in [-0.2, 0) is 0 Å². The van der Waals surface area contributed by atoms with E-state index in [0.29, 0.717) is 12.5 Å². The Hall–Kier alpha value is -1.98. The maximum atomic E-state index is 8.63. The van der Waals surface area contributed by atoms with Crippen LogP contribution in [0.4, 0.5) is 0 Å². The van der Waals surface area contributed by atoms with Crippen molar-refractivity contribution in [2.45, 2.75) is 140 Å². The molecule has 0 aliphatic carbocycles. The molecule has 0 rings (SSSR count). The average molecular weight is 621 g/mol. The molecular weight excluding hydrogens is 544 g/mol. The minimum absolute atomic E-state index is 0. The van der Waals surface area contributed by atoms with E-state index < -0.39 is 0 Å². The smallest absolute Gasteiger partial charge is 0.0614 e. The van der Waals surface area contributed by atoms with Gasteiger partial charge >= 0.3 is 0 Å². The first-order chi connectivity index (χ1) is 20.7. The first-order valence-electron chi connectivity index (χ1n) is 16.6. The molecule has 44 heavy (non-hydrogen) atoms. The van der Waals surface area contributed by atoms with E-state index in [2.05, 4.69) is 107 Å². The molecule has 4 N–H and O–H groups in total. The topological polar surface area (TPSA) is 80.9 Å². The number of aliphatic hydroxyl groups is 4. The van der Waals surface area contributed by atoms with Crippen molar-refractivity contribution in [1.82, 2.24) is 0 Å². The van der Waals surface area contributed by atoms with Gasteiger partial charge in [-0.1, -0.05) is 89.0 Å². The average Bonchev–Trinajstić information content (AvgIpc) is 2.90. The second-order valence-electron chi connectivity index (χ2n) is 12.6. The van der Waals surface area contributed by atoms with E-state index in [1.165, 1.54) is 39.9 Å². The van der Waals surface area contributed by atoms with Crippen LogP contribution in [0.1, 0.15) is 142 Å². The molecular formula is C40H76O4. The van der Waals surface area contributed by atoms with Crippen LogP contribution in [-0.4, -0.2) is 46.9 Å². The normalized spacial score (nSPS) is 11.2. The summed E-state index contributed by atoms with van der Waals surface area (Å²) in [5, 5.41) is 34.3. The van der Waals surface area contributed by atoms with Crippen LogP contribution in [0, 0.1) is 5.92 Å². The first kappa shape index (κ1) is 48.9. The first-order valence-corrected chi connectivity index (χ1v) is 16.6. The molecule has 0 aromatic rings. The van der Waals surface area contributed by atoms with Gasteiger partial charge in [-0.05, 0) is 139 Å². The summed E-state index contributed by atoms with van der Waals surface area (Å²) >= 11 is 0. The molecule has 260 valence electrons. The number of allylic oxidation sites excluding steroid dienone is 10. The Morgan fingerprint density at radius 1 is 0.500 bits per heavy atom. The standard InChI is InChI=1S/C10H20O.3C10H18O.H2/c4*1-9(2)5-4-6-10(3)7-8-11;/h5,10-11H,4,6-8H2,1-3H3;2*5,7,11H,4,6,8H2,1-3H3;5,11H,3-4,6-8H2,1-2H3;1H/b;10-7+;10-7-;;. The molecule has 0 bridgehead atoms. The van der Waals surface area contributed by atoms with Gasteiger partial charge in [-0.3, -0.25) is 0 Å². The lowest BCUT2D eigenvalue weighted by molar-refractivity contribution is 0.259. The molecule has 0 fully saturated rings. The van der Waals surface area contributed by atoms with Crippen molar-refractivity contribution in [3.05, 3.63) is 82.0 Å². The number of rotatable bonds is 18. The Balaban J connectivity index is -0.000000157. The molecule has 0 saturated carbocycles. The van der Waals surface area contributed by atoms with Gasteiger partial charge in [-0.25, -0.2) is 0 Å². The lowest BCUT2D eigenvalue weighted by Gasteiger charge is -2.06. The number of hydrogen-bond donors (Lipinski definition) is 4. The lowest BCUT2D eigenvalue weighted by Crippen LogP contribution is -1.96. The maximum Gasteiger partial charge on any atom is 0.0614 e. The lowest BCUT2D eigenvalue weighted by atomic mass is 10.0. The Morgan fingerprint density at radius 3 is 1.18 bits per heavy atom. The van der Waals surface area contributed by atoms with Gasteiger partial charge in [-0.15, -0.1) is 0 Å². The molecule has 1 unspecified atom stereocenters. The van der Waals surface area contributed by atoms with E-state index in [-0.39, 0.29) is 21.2 Å². The van der Waals surface area contributed by atoms with E-state index in [9.17, 15) is 0 Å². The molecule has 0 radical (unpaired) electrons. The molecule has 4 heteroatoms. The second-order valence-corrected chi connectivity index (χ2v) is 12.6. The van der Waals surface area contributed by atoms with E-state index >= 15 is 0 Å². The SMILES string of the molecule is C=C(CCO)CCC=C(C)C.CC(C)=CCC/C(C)=C/CO.CC(C)=CCC/C(C)=C\CO.CC(C)=CCCC(C)CCO.[HH]. The third-order valence-corrected chi connectivity index (χ3v) is 6.41. The molecule has 0 spiro atoms. The number of hydrogen-bond acceptors (Lipinski definition) is 4. The fraction of sp³-hybridized carbons (Fsp3) is 0.650. The summed E-state index contributed by atoms with van der Waals surface area (Å²) < 4.78 is 0. The summed E-state index contributed by atoms with van der Waals surface area (Å²) in [4.78, 5) is 0. The zero-order valence-corrected chi connectivity index (χ0v) is 30.9. The predicted molar refractivity (Wildman–Crippen MR) is 200 cm³/mol. The van der Waals surface area contributed by atoms with E-state index in [1.54, 1.807) is 0 Å². The van der Waals surface area contributed by atoms with E-state index in [4.69, 9.17) is 20.4 Å². The monoisotopic (exact) mass is 621 g/mol. The minimum atomic E-state index is 0. The van der Waals surface area contributed by atoms with Crippen LogP contribution in [0.2, 0.25) is 0 Å². The van der Waals surface area contributed by atoms with Gasteiger partial charge in [0.05, 0.1) is 13.2 Å². The summed E-state index contributed by atoms with van der Waals surface area (Å²) in [6, 6.07) is 0. The zero-order chi connectivity index (χ0) is 34.8. The van der Waals surface area contributed by atoms with E-state index in [0.717, 1.165) is 63.4 Å². The molecule has 0 amide bonds. The van der Waals surface area contributed by atoms with Crippen LogP contribution in [0.3, 0.4) is 0 Å². The summed E-state index contributed by atoms with van der Waals surface area (Å²) in [7, 11) is 0. The summed E-state index contributed by atoms with van der Waals surface area (Å²) in [5.74, 6) is 0.663. The molecule has 0 saturated heterocycles. The third-order valence-electron chi connectivity index (χ3n) is 6.41. The van der Waals surface area contributed by atoms with Crippen molar-refractivity contribution in [2.24, 2.45) is 5.92 Å². The van der Waals surface area contributed by atoms with Crippen molar-refractivity contribution < 1.29 is 21.9 Å². The highest BCUT2D eigenvalue weighted by Crippen LogP contribution is 2.11. The summed E-state index contributed by atoms with van der Waals surface area (Å²) in [5.41, 5.74) is 9.14. The van der Waals surface area contributed by atoms with Crippen LogP contribution in [0.25, 0.3) is 0 Å². The van der Waals surface area contributed by atoms with Crippen molar-refractivity contribution in [3.8, 4) is 0 Å². The fourth-order valence-corrected chi connectivity index (χ4v) is 3.56. The van der Waals surface area contributed by atoms with Gasteiger partial charge in [0.15, 0.2) is 0 Å². The molecule has 0 heterocycles. The van der Waals surface area contributed by atoms with Gasteiger partial charge in [0.2, 0.25) is 0 Å². The Kier molecular flexibility index (Phi) is 41.4. The Labute approximate surface area is 276 Å². The zero-order valence-electron chi connectivity index (χ0n) is 30.9. The highest BCUT2D eigenvalue weighted by atomic mass is 16.3. The molecule has 4 nitrogen and oxygen atoms in total. The van der Waals surface area contributed by atoms with Crippen LogP contribution < -0.4 is 0 Å². The summed E-state index contributed by atoms with van der Waals surface area (Å²) in [6.07, 6.45) is 23.0. The summed E-state index contributed by atoms with van der Waals surface area (Å²) in [6.45, 7) is 27.9. The van der Waals surface area contributed by atoms with Gasteiger partial charge in [0, 0.05) is 14.6 Å². The van der Waals surface area contributed by atoms with Gasteiger partial charge in [0.1, 0.15) is 0 Å². The van der Waals surface area contributed by atoms with Crippen molar-refractivity contribution in [2.75, 3.05) is 26.4 Å². The largest absolute Gasteiger partial charge is 0.396 e. The van der Waals surface area contributed by atoms with Crippen molar-refractivity contribution in [1.29, 1.82) is 0 Å². The number of aliphatic hydroxyl groups excluding tert-OH is 4. The predicted octanol–water partition coefficient (Wildman–Crippen LogP) is 11.0. The van der Waals surface area contributed by atoms with Crippen molar-refractivity contribution in [3.63, 3.8) is 0 Å². The molecule has 0 aliphatic rings. The van der Waals surface area contributed by atoms with Crippen LogP contribution in [0.5, 0.6) is 0 Å². The quantitative estimate of drug-likeness (QED) is 0.115. The third kappa shape index (κ3) is 52.6. The molecule has 0 aromatic heterocycles. The van der Waals surface area contributed by atoms with Crippen molar-refractivity contribution >= 4 is 0 Å². The minimum Gasteiger partial charge on any atom is -0.396 e.